The van der Waals surface area contributed by atoms with Crippen molar-refractivity contribution in [3.05, 3.63) is 0 Å². The minimum atomic E-state index is -1.69. The van der Waals surface area contributed by atoms with Gasteiger partial charge in [-0.2, -0.15) is 0 Å². The minimum absolute atomic E-state index is 0.265. The molecule has 27 heavy (non-hydrogen) atoms. The van der Waals surface area contributed by atoms with E-state index >= 15 is 0 Å². The van der Waals surface area contributed by atoms with Crippen LogP contribution in [0.25, 0.3) is 0 Å². The molecule has 11 heteroatoms. The highest BCUT2D eigenvalue weighted by molar-refractivity contribution is 4.94. The van der Waals surface area contributed by atoms with Crippen molar-refractivity contribution in [2.24, 2.45) is 0 Å². The van der Waals surface area contributed by atoms with Gasteiger partial charge in [0.2, 0.25) is 0 Å². The van der Waals surface area contributed by atoms with Gasteiger partial charge in [-0.15, -0.1) is 0 Å². The largest absolute Gasteiger partial charge is 0.394 e. The summed E-state index contributed by atoms with van der Waals surface area (Å²) in [6, 6.07) is 0. The molecule has 0 saturated carbocycles. The molecule has 2 heterocycles. The van der Waals surface area contributed by atoms with Gasteiger partial charge in [-0.25, -0.2) is 0 Å². The highest BCUT2D eigenvalue weighted by atomic mass is 16.7. The van der Waals surface area contributed by atoms with E-state index in [1.807, 2.05) is 6.92 Å². The van der Waals surface area contributed by atoms with Crippen LogP contribution in [0.2, 0.25) is 0 Å². The molecule has 2 fully saturated rings. The quantitative estimate of drug-likeness (QED) is 0.225. The molecule has 160 valence electrons. The number of hydrogen-bond donors (Lipinski definition) is 7. The molecule has 2 aliphatic heterocycles. The van der Waals surface area contributed by atoms with E-state index in [1.54, 1.807) is 6.92 Å². The molecule has 0 aromatic rings. The van der Waals surface area contributed by atoms with Gasteiger partial charge in [0.25, 0.3) is 0 Å². The lowest BCUT2D eigenvalue weighted by Crippen LogP contribution is -2.64. The van der Waals surface area contributed by atoms with Gasteiger partial charge >= 0.3 is 0 Å². The molecule has 0 aliphatic carbocycles. The van der Waals surface area contributed by atoms with Crippen LogP contribution in [-0.2, 0) is 18.9 Å². The molecule has 10 unspecified atom stereocenters. The van der Waals surface area contributed by atoms with Gasteiger partial charge in [0.15, 0.2) is 12.6 Å². The molecule has 2 aliphatic rings. The standard InChI is InChI=1S/C16H30O11/c1-3-6(2)24-15-13(23)11(21)14(8(5-18)26-15)27-16-12(22)10(20)9(19)7(4-17)25-16/h6-23H,3-5H2,1-2H3/t6-,7?,8?,9?,10?,11?,12?,13?,14?,15?,16?/m0/s1. The fourth-order valence-electron chi connectivity index (χ4n) is 2.99. The molecule has 0 aromatic carbocycles. The van der Waals surface area contributed by atoms with E-state index < -0.39 is 74.6 Å². The first kappa shape index (κ1) is 22.8. The van der Waals surface area contributed by atoms with Crippen molar-refractivity contribution in [2.45, 2.75) is 87.8 Å². The van der Waals surface area contributed by atoms with E-state index in [2.05, 4.69) is 0 Å². The van der Waals surface area contributed by atoms with Crippen LogP contribution >= 0.6 is 0 Å². The predicted molar refractivity (Wildman–Crippen MR) is 87.2 cm³/mol. The predicted octanol–water partition coefficient (Wildman–Crippen LogP) is -3.57. The van der Waals surface area contributed by atoms with Crippen LogP contribution in [0.4, 0.5) is 0 Å². The highest BCUT2D eigenvalue weighted by Gasteiger charge is 2.50. The molecular formula is C16H30O11. The number of rotatable bonds is 7. The lowest BCUT2D eigenvalue weighted by molar-refractivity contribution is -0.362. The molecular weight excluding hydrogens is 368 g/mol. The van der Waals surface area contributed by atoms with Crippen LogP contribution in [-0.4, -0.2) is 116 Å². The molecule has 2 saturated heterocycles. The maximum atomic E-state index is 10.4. The van der Waals surface area contributed by atoms with E-state index in [0.29, 0.717) is 6.42 Å². The summed E-state index contributed by atoms with van der Waals surface area (Å²) in [5.74, 6) is 0. The Balaban J connectivity index is 2.10. The molecule has 0 radical (unpaired) electrons. The van der Waals surface area contributed by atoms with Gasteiger partial charge in [0, 0.05) is 0 Å². The minimum Gasteiger partial charge on any atom is -0.394 e. The summed E-state index contributed by atoms with van der Waals surface area (Å²) in [4.78, 5) is 0. The summed E-state index contributed by atoms with van der Waals surface area (Å²) in [5, 5.41) is 69.1. The van der Waals surface area contributed by atoms with Gasteiger partial charge in [-0.3, -0.25) is 0 Å². The zero-order valence-corrected chi connectivity index (χ0v) is 15.2. The van der Waals surface area contributed by atoms with Crippen molar-refractivity contribution >= 4 is 0 Å². The highest BCUT2D eigenvalue weighted by Crippen LogP contribution is 2.29. The Morgan fingerprint density at radius 3 is 1.89 bits per heavy atom. The molecule has 11 atom stereocenters. The second kappa shape index (κ2) is 9.85. The van der Waals surface area contributed by atoms with E-state index in [-0.39, 0.29) is 6.10 Å². The zero-order valence-electron chi connectivity index (χ0n) is 15.2. The Hall–Kier alpha value is -0.440. The summed E-state index contributed by atoms with van der Waals surface area (Å²) >= 11 is 0. The van der Waals surface area contributed by atoms with Crippen LogP contribution in [0.1, 0.15) is 20.3 Å². The van der Waals surface area contributed by atoms with Gasteiger partial charge in [-0.1, -0.05) is 6.92 Å². The fourth-order valence-corrected chi connectivity index (χ4v) is 2.99. The summed E-state index contributed by atoms with van der Waals surface area (Å²) in [5.41, 5.74) is 0. The normalized spacial score (nSPS) is 47.0. The topological polar surface area (TPSA) is 179 Å². The Bertz CT molecular complexity index is 448. The number of aliphatic hydroxyl groups is 7. The van der Waals surface area contributed by atoms with Crippen molar-refractivity contribution in [3.8, 4) is 0 Å². The van der Waals surface area contributed by atoms with Gasteiger partial charge < -0.3 is 54.7 Å². The van der Waals surface area contributed by atoms with Crippen molar-refractivity contribution in [1.29, 1.82) is 0 Å². The SMILES string of the molecule is CC[C@H](C)OC1OC(CO)C(OC2OC(CO)C(O)C(O)C2O)C(O)C1O. The Kier molecular flexibility index (Phi) is 8.34. The zero-order chi connectivity index (χ0) is 20.3. The lowest BCUT2D eigenvalue weighted by Gasteiger charge is -2.46. The van der Waals surface area contributed by atoms with E-state index in [1.165, 1.54) is 0 Å². The first-order valence-electron chi connectivity index (χ1n) is 8.98. The number of ether oxygens (including phenoxy) is 4. The Labute approximate surface area is 156 Å². The molecule has 0 amide bonds. The van der Waals surface area contributed by atoms with Crippen LogP contribution in [0.15, 0.2) is 0 Å². The van der Waals surface area contributed by atoms with Crippen LogP contribution in [0.5, 0.6) is 0 Å². The molecule has 2 rings (SSSR count). The molecule has 0 bridgehead atoms. The fraction of sp³-hybridized carbons (Fsp3) is 1.00. The third-order valence-corrected chi connectivity index (χ3v) is 4.90. The average Bonchev–Trinajstić information content (AvgIpc) is 2.67. The molecule has 0 spiro atoms. The molecule has 7 N–H and O–H groups in total. The molecule has 11 nitrogen and oxygen atoms in total. The summed E-state index contributed by atoms with van der Waals surface area (Å²) in [7, 11) is 0. The third-order valence-electron chi connectivity index (χ3n) is 4.90. The summed E-state index contributed by atoms with van der Waals surface area (Å²) in [6.45, 7) is 2.38. The van der Waals surface area contributed by atoms with Crippen molar-refractivity contribution in [1.82, 2.24) is 0 Å². The smallest absolute Gasteiger partial charge is 0.187 e. The van der Waals surface area contributed by atoms with E-state index in [0.717, 1.165) is 0 Å². The Morgan fingerprint density at radius 1 is 0.778 bits per heavy atom. The van der Waals surface area contributed by atoms with Gasteiger partial charge in [-0.05, 0) is 13.3 Å². The van der Waals surface area contributed by atoms with Crippen molar-refractivity contribution in [3.63, 3.8) is 0 Å². The maximum Gasteiger partial charge on any atom is 0.187 e. The number of aliphatic hydroxyl groups excluding tert-OH is 7. The summed E-state index contributed by atoms with van der Waals surface area (Å²) in [6.07, 6.45) is -14.0. The molecule has 0 aromatic heterocycles. The van der Waals surface area contributed by atoms with Crippen molar-refractivity contribution < 1.29 is 54.7 Å². The second-order valence-electron chi connectivity index (χ2n) is 6.86. The van der Waals surface area contributed by atoms with Crippen molar-refractivity contribution in [2.75, 3.05) is 13.2 Å². The van der Waals surface area contributed by atoms with Gasteiger partial charge in [0.05, 0.1) is 19.3 Å². The summed E-state index contributed by atoms with van der Waals surface area (Å²) < 4.78 is 21.7. The van der Waals surface area contributed by atoms with E-state index in [9.17, 15) is 35.7 Å². The lowest BCUT2D eigenvalue weighted by atomic mass is 9.97. The van der Waals surface area contributed by atoms with Crippen LogP contribution < -0.4 is 0 Å². The first-order chi connectivity index (χ1) is 12.7. The van der Waals surface area contributed by atoms with Gasteiger partial charge in [0.1, 0.15) is 48.8 Å². The average molecular weight is 398 g/mol. The van der Waals surface area contributed by atoms with Crippen LogP contribution in [0, 0.1) is 0 Å². The third kappa shape index (κ3) is 4.95. The second-order valence-corrected chi connectivity index (χ2v) is 6.86. The van der Waals surface area contributed by atoms with Crippen LogP contribution in [0.3, 0.4) is 0 Å². The monoisotopic (exact) mass is 398 g/mol. The Morgan fingerprint density at radius 2 is 1.33 bits per heavy atom. The first-order valence-corrected chi connectivity index (χ1v) is 8.98. The number of hydrogen-bond acceptors (Lipinski definition) is 11. The maximum absolute atomic E-state index is 10.4. The van der Waals surface area contributed by atoms with E-state index in [4.69, 9.17) is 18.9 Å².